The third-order valence-corrected chi connectivity index (χ3v) is 6.70. The predicted molar refractivity (Wildman–Crippen MR) is 99.2 cm³/mol. The second kappa shape index (κ2) is 9.12. The van der Waals surface area contributed by atoms with Gasteiger partial charge in [-0.1, -0.05) is 6.42 Å². The Morgan fingerprint density at radius 3 is 1.35 bits per heavy atom. The summed E-state index contributed by atoms with van der Waals surface area (Å²) >= 11 is 0. The first-order chi connectivity index (χ1) is 15.6. The molecule has 1 aliphatic rings. The molecule has 1 saturated carbocycles. The smallest absolute Gasteiger partial charge is 0.354 e. The summed E-state index contributed by atoms with van der Waals surface area (Å²) in [5.41, 5.74) is -10.5. The van der Waals surface area contributed by atoms with Crippen LogP contribution in [0.3, 0.4) is 0 Å². The van der Waals surface area contributed by atoms with Crippen molar-refractivity contribution in [3.8, 4) is 11.8 Å². The van der Waals surface area contributed by atoms with Crippen molar-refractivity contribution in [1.82, 2.24) is 20.4 Å². The summed E-state index contributed by atoms with van der Waals surface area (Å²) in [4.78, 5) is 0. The van der Waals surface area contributed by atoms with Crippen LogP contribution >= 0.6 is 0 Å². The van der Waals surface area contributed by atoms with E-state index in [1.165, 1.54) is 12.1 Å². The number of hydrogen-bond acceptors (Lipinski definition) is 10. The molecule has 0 bridgehead atoms. The monoisotopic (exact) mass is 536 g/mol. The van der Waals surface area contributed by atoms with Gasteiger partial charge >= 0.3 is 31.3 Å². The van der Waals surface area contributed by atoms with E-state index < -0.39 is 43.0 Å². The molecule has 0 amide bonds. The van der Waals surface area contributed by atoms with E-state index in [1.54, 1.807) is 0 Å². The fraction of sp³-hybridized carbons (Fsp3) is 0.500. The first-order valence-electron chi connectivity index (χ1n) is 9.28. The van der Waals surface area contributed by atoms with Crippen molar-refractivity contribution in [3.05, 3.63) is 35.7 Å². The van der Waals surface area contributed by atoms with Crippen molar-refractivity contribution in [1.29, 1.82) is 0 Å². The van der Waals surface area contributed by atoms with Gasteiger partial charge in [0.15, 0.2) is 0 Å². The molecule has 0 aliphatic heterocycles. The molecular formula is C16H14F6N4O6S2. The number of hydrogen-bond donors (Lipinski definition) is 0. The van der Waals surface area contributed by atoms with Gasteiger partial charge in [-0.15, -0.1) is 10.2 Å². The summed E-state index contributed by atoms with van der Waals surface area (Å²) in [6.07, 6.45) is 2.29. The van der Waals surface area contributed by atoms with Crippen molar-refractivity contribution in [2.75, 3.05) is 0 Å². The Morgan fingerprint density at radius 2 is 1.06 bits per heavy atom. The molecule has 1 fully saturated rings. The fourth-order valence-electron chi connectivity index (χ4n) is 3.23. The maximum atomic E-state index is 12.4. The molecule has 2 heterocycles. The number of halogens is 6. The Hall–Kier alpha value is -2.76. The van der Waals surface area contributed by atoms with Gasteiger partial charge < -0.3 is 8.37 Å². The minimum absolute atomic E-state index is 0.247. The average Bonchev–Trinajstić information content (AvgIpc) is 2.73. The molecule has 34 heavy (non-hydrogen) atoms. The van der Waals surface area contributed by atoms with E-state index in [2.05, 4.69) is 28.8 Å². The van der Waals surface area contributed by atoms with Crippen LogP contribution in [-0.4, -0.2) is 48.2 Å². The largest absolute Gasteiger partial charge is 0.534 e. The lowest BCUT2D eigenvalue weighted by Gasteiger charge is -2.28. The highest BCUT2D eigenvalue weighted by molar-refractivity contribution is 7.88. The molecule has 18 heteroatoms. The second-order valence-electron chi connectivity index (χ2n) is 7.12. The third kappa shape index (κ3) is 5.83. The summed E-state index contributed by atoms with van der Waals surface area (Å²) in [7, 11) is -11.8. The van der Waals surface area contributed by atoms with Gasteiger partial charge in [0.25, 0.3) is 11.8 Å². The van der Waals surface area contributed by atoms with Crippen molar-refractivity contribution in [3.63, 3.8) is 0 Å². The van der Waals surface area contributed by atoms with Gasteiger partial charge in [-0.2, -0.15) is 53.4 Å². The lowest BCUT2D eigenvalue weighted by Crippen LogP contribution is -2.28. The normalized spacial score (nSPS) is 20.1. The first kappa shape index (κ1) is 25.9. The maximum absolute atomic E-state index is 12.4. The van der Waals surface area contributed by atoms with E-state index in [4.69, 9.17) is 0 Å². The topological polar surface area (TPSA) is 138 Å². The Morgan fingerprint density at radius 1 is 0.676 bits per heavy atom. The van der Waals surface area contributed by atoms with Crippen LogP contribution in [0, 0.1) is 0 Å². The third-order valence-electron chi connectivity index (χ3n) is 4.79. The van der Waals surface area contributed by atoms with Crippen LogP contribution in [0.25, 0.3) is 0 Å². The van der Waals surface area contributed by atoms with Gasteiger partial charge in [0.05, 0.1) is 11.4 Å². The Balaban J connectivity index is 1.67. The van der Waals surface area contributed by atoms with Crippen LogP contribution in [-0.2, 0) is 20.2 Å². The number of alkyl halides is 6. The number of nitrogens with zero attached hydrogens (tertiary/aromatic N) is 4. The molecular weight excluding hydrogens is 522 g/mol. The van der Waals surface area contributed by atoms with Crippen LogP contribution in [0.15, 0.2) is 24.3 Å². The minimum atomic E-state index is -5.88. The van der Waals surface area contributed by atoms with E-state index in [9.17, 15) is 43.2 Å². The molecule has 2 aromatic rings. The predicted octanol–water partition coefficient (Wildman–Crippen LogP) is 3.16. The lowest BCUT2D eigenvalue weighted by molar-refractivity contribution is -0.0506. The van der Waals surface area contributed by atoms with Gasteiger partial charge in [-0.25, -0.2) is 0 Å². The zero-order chi connectivity index (χ0) is 25.4. The fourth-order valence-corrected chi connectivity index (χ4v) is 4.05. The summed E-state index contributed by atoms with van der Waals surface area (Å²) in [6, 6.07) is 4.41. The SMILES string of the molecule is O=S(=O)(Oc1ccc([C@@H]2CCC[C@@H](c3ccc(OS(=O)(=O)C(F)(F)F)nn3)C2)nn1)C(F)(F)F. The van der Waals surface area contributed by atoms with Crippen LogP contribution in [0.2, 0.25) is 0 Å². The van der Waals surface area contributed by atoms with Gasteiger partial charge in [-0.3, -0.25) is 0 Å². The lowest BCUT2D eigenvalue weighted by atomic mass is 9.78. The molecule has 0 unspecified atom stereocenters. The van der Waals surface area contributed by atoms with Crippen molar-refractivity contribution < 1.29 is 51.5 Å². The summed E-state index contributed by atoms with van der Waals surface area (Å²) in [5, 5.41) is 14.2. The van der Waals surface area contributed by atoms with Crippen molar-refractivity contribution in [2.24, 2.45) is 0 Å². The van der Waals surface area contributed by atoms with Crippen LogP contribution in [0.1, 0.15) is 48.9 Å². The van der Waals surface area contributed by atoms with Crippen LogP contribution in [0.5, 0.6) is 11.8 Å². The first-order valence-corrected chi connectivity index (χ1v) is 12.1. The summed E-state index contributed by atoms with van der Waals surface area (Å²) in [6.45, 7) is 0. The molecule has 0 N–H and O–H groups in total. The summed E-state index contributed by atoms with van der Waals surface area (Å²) < 4.78 is 126. The molecule has 0 aromatic carbocycles. The Bertz CT molecular complexity index is 1120. The van der Waals surface area contributed by atoms with Crippen molar-refractivity contribution in [2.45, 2.75) is 48.5 Å². The zero-order valence-electron chi connectivity index (χ0n) is 16.6. The van der Waals surface area contributed by atoms with E-state index in [-0.39, 0.29) is 11.8 Å². The quantitative estimate of drug-likeness (QED) is 0.307. The van der Waals surface area contributed by atoms with E-state index >= 15 is 0 Å². The standard InChI is InChI=1S/C16H14F6N4O6S2/c17-15(18,19)33(27,28)31-13-6-4-11(23-25-13)9-2-1-3-10(8-9)12-5-7-14(26-24-12)32-34(29,30)16(20,21)22/h4-7,9-10H,1-3,8H2/t9-,10-/m1/s1. The van der Waals surface area contributed by atoms with Gasteiger partial charge in [0.2, 0.25) is 0 Å². The Kier molecular flexibility index (Phi) is 6.94. The van der Waals surface area contributed by atoms with E-state index in [1.807, 2.05) is 0 Å². The zero-order valence-corrected chi connectivity index (χ0v) is 18.2. The van der Waals surface area contributed by atoms with Crippen molar-refractivity contribution >= 4 is 20.2 Å². The number of rotatable bonds is 6. The molecule has 0 spiro atoms. The average molecular weight is 536 g/mol. The molecule has 2 atom stereocenters. The second-order valence-corrected chi connectivity index (χ2v) is 10.2. The van der Waals surface area contributed by atoms with Gasteiger partial charge in [0.1, 0.15) is 0 Å². The Labute approximate surface area is 188 Å². The van der Waals surface area contributed by atoms with Crippen LogP contribution in [0.4, 0.5) is 26.3 Å². The van der Waals surface area contributed by atoms with Crippen LogP contribution < -0.4 is 8.37 Å². The molecule has 188 valence electrons. The highest BCUT2D eigenvalue weighted by Crippen LogP contribution is 2.40. The molecule has 0 radical (unpaired) electrons. The molecule has 2 aromatic heterocycles. The molecule has 1 aliphatic carbocycles. The molecule has 10 nitrogen and oxygen atoms in total. The highest BCUT2D eigenvalue weighted by Gasteiger charge is 2.49. The maximum Gasteiger partial charge on any atom is 0.534 e. The molecule has 0 saturated heterocycles. The highest BCUT2D eigenvalue weighted by atomic mass is 32.2. The summed E-state index contributed by atoms with van der Waals surface area (Å²) in [5.74, 6) is -2.21. The number of aromatic nitrogens is 4. The van der Waals surface area contributed by atoms with Gasteiger partial charge in [-0.05, 0) is 31.4 Å². The minimum Gasteiger partial charge on any atom is -0.354 e. The molecule has 3 rings (SSSR count). The van der Waals surface area contributed by atoms with E-state index in [0.29, 0.717) is 37.1 Å². The van der Waals surface area contributed by atoms with Gasteiger partial charge in [0, 0.05) is 24.0 Å². The van der Waals surface area contributed by atoms with E-state index in [0.717, 1.165) is 12.1 Å².